The molecular weight excluding hydrogens is 266 g/mol. The summed E-state index contributed by atoms with van der Waals surface area (Å²) in [7, 11) is 0. The van der Waals surface area contributed by atoms with Crippen molar-refractivity contribution in [3.63, 3.8) is 0 Å². The summed E-state index contributed by atoms with van der Waals surface area (Å²) in [5.41, 5.74) is 5.87. The summed E-state index contributed by atoms with van der Waals surface area (Å²) < 4.78 is 12.1. The van der Waals surface area contributed by atoms with Crippen LogP contribution in [0, 0.1) is 11.8 Å². The third-order valence-electron chi connectivity index (χ3n) is 4.44. The molecule has 0 radical (unpaired) electrons. The number of guanidine groups is 1. The maximum absolute atomic E-state index is 6.12. The van der Waals surface area contributed by atoms with Gasteiger partial charge in [-0.05, 0) is 31.1 Å². The maximum Gasteiger partial charge on any atom is 0.188 e. The van der Waals surface area contributed by atoms with E-state index in [-0.39, 0.29) is 11.9 Å². The van der Waals surface area contributed by atoms with Gasteiger partial charge in [-0.1, -0.05) is 20.8 Å². The van der Waals surface area contributed by atoms with E-state index in [1.54, 1.807) is 0 Å². The highest BCUT2D eigenvalue weighted by Crippen LogP contribution is 2.39. The molecule has 1 unspecified atom stereocenters. The monoisotopic (exact) mass is 297 g/mol. The van der Waals surface area contributed by atoms with Crippen LogP contribution in [0.15, 0.2) is 4.99 Å². The van der Waals surface area contributed by atoms with E-state index in [0.29, 0.717) is 25.0 Å². The lowest BCUT2D eigenvalue weighted by atomic mass is 9.86. The number of nitrogens with two attached hydrogens (primary N) is 1. The van der Waals surface area contributed by atoms with Gasteiger partial charge in [-0.3, -0.25) is 4.99 Å². The summed E-state index contributed by atoms with van der Waals surface area (Å²) in [5, 5.41) is 3.15. The van der Waals surface area contributed by atoms with E-state index in [1.165, 1.54) is 12.8 Å². The van der Waals surface area contributed by atoms with Crippen LogP contribution in [0.25, 0.3) is 0 Å². The molecule has 2 aliphatic rings. The largest absolute Gasteiger partial charge is 0.370 e. The smallest absolute Gasteiger partial charge is 0.188 e. The summed E-state index contributed by atoms with van der Waals surface area (Å²) in [4.78, 5) is 4.37. The van der Waals surface area contributed by atoms with E-state index in [0.717, 1.165) is 31.7 Å². The van der Waals surface area contributed by atoms with Gasteiger partial charge in [0, 0.05) is 19.4 Å². The van der Waals surface area contributed by atoms with Crippen LogP contribution in [0.4, 0.5) is 0 Å². The first-order valence-corrected chi connectivity index (χ1v) is 8.35. The number of aliphatic imine (C=N–C) groups is 1. The Hall–Kier alpha value is -0.810. The molecule has 1 aliphatic heterocycles. The van der Waals surface area contributed by atoms with Crippen molar-refractivity contribution in [3.05, 3.63) is 0 Å². The van der Waals surface area contributed by atoms with E-state index in [2.05, 4.69) is 31.1 Å². The highest BCUT2D eigenvalue weighted by Gasteiger charge is 2.43. The Labute approximate surface area is 128 Å². The van der Waals surface area contributed by atoms with Crippen molar-refractivity contribution in [3.8, 4) is 0 Å². The topological polar surface area (TPSA) is 68.9 Å². The van der Waals surface area contributed by atoms with E-state index < -0.39 is 0 Å². The van der Waals surface area contributed by atoms with Crippen molar-refractivity contribution < 1.29 is 9.47 Å². The number of hydrogen-bond acceptors (Lipinski definition) is 3. The summed E-state index contributed by atoms with van der Waals surface area (Å²) >= 11 is 0. The molecule has 0 aromatic carbocycles. The van der Waals surface area contributed by atoms with Gasteiger partial charge in [0.05, 0.1) is 13.2 Å². The molecule has 0 amide bonds. The molecule has 0 bridgehead atoms. The lowest BCUT2D eigenvalue weighted by Crippen LogP contribution is -2.36. The number of hydrogen-bond donors (Lipinski definition) is 2. The van der Waals surface area contributed by atoms with Gasteiger partial charge in [-0.15, -0.1) is 0 Å². The molecule has 5 heteroatoms. The molecule has 2 rings (SSSR count). The SMILES string of the molecule is CC(C)CCNC(N)=NCC1COC2(CCC(C)CC2)O1. The molecule has 1 saturated heterocycles. The quantitative estimate of drug-likeness (QED) is 0.603. The third kappa shape index (κ3) is 5.15. The van der Waals surface area contributed by atoms with Crippen molar-refractivity contribution in [1.82, 2.24) is 5.32 Å². The first kappa shape index (κ1) is 16.6. The Bertz CT molecular complexity index is 349. The second-order valence-corrected chi connectivity index (χ2v) is 6.98. The predicted molar refractivity (Wildman–Crippen MR) is 85.1 cm³/mol. The van der Waals surface area contributed by atoms with Gasteiger partial charge >= 0.3 is 0 Å². The molecule has 1 atom stereocenters. The zero-order valence-electron chi connectivity index (χ0n) is 13.7. The van der Waals surface area contributed by atoms with Crippen LogP contribution in [0.2, 0.25) is 0 Å². The van der Waals surface area contributed by atoms with Crippen LogP contribution in [0.3, 0.4) is 0 Å². The number of rotatable bonds is 5. The fourth-order valence-corrected chi connectivity index (χ4v) is 2.92. The van der Waals surface area contributed by atoms with Crippen molar-refractivity contribution in [2.24, 2.45) is 22.6 Å². The molecule has 21 heavy (non-hydrogen) atoms. The van der Waals surface area contributed by atoms with E-state index in [1.807, 2.05) is 0 Å². The third-order valence-corrected chi connectivity index (χ3v) is 4.44. The minimum absolute atomic E-state index is 0.0452. The van der Waals surface area contributed by atoms with Crippen LogP contribution < -0.4 is 11.1 Å². The van der Waals surface area contributed by atoms with Gasteiger partial charge in [0.15, 0.2) is 11.7 Å². The average Bonchev–Trinajstić information content (AvgIpc) is 2.83. The van der Waals surface area contributed by atoms with Crippen molar-refractivity contribution in [1.29, 1.82) is 0 Å². The molecule has 2 fully saturated rings. The number of ether oxygens (including phenoxy) is 2. The van der Waals surface area contributed by atoms with Crippen LogP contribution in [0.1, 0.15) is 52.9 Å². The van der Waals surface area contributed by atoms with Gasteiger partial charge in [0.2, 0.25) is 0 Å². The zero-order chi connectivity index (χ0) is 15.3. The lowest BCUT2D eigenvalue weighted by molar-refractivity contribution is -0.190. The van der Waals surface area contributed by atoms with Crippen LogP contribution in [-0.4, -0.2) is 37.5 Å². The summed E-state index contributed by atoms with van der Waals surface area (Å²) in [6.07, 6.45) is 5.54. The molecule has 122 valence electrons. The van der Waals surface area contributed by atoms with Gasteiger partial charge in [0.25, 0.3) is 0 Å². The highest BCUT2D eigenvalue weighted by atomic mass is 16.7. The van der Waals surface area contributed by atoms with Gasteiger partial charge < -0.3 is 20.5 Å². The first-order valence-electron chi connectivity index (χ1n) is 8.35. The second kappa shape index (κ2) is 7.45. The average molecular weight is 297 g/mol. The molecule has 0 aromatic rings. The van der Waals surface area contributed by atoms with Gasteiger partial charge in [-0.2, -0.15) is 0 Å². The molecule has 1 spiro atoms. The fraction of sp³-hybridized carbons (Fsp3) is 0.938. The molecular formula is C16H31N3O2. The molecule has 0 aromatic heterocycles. The normalized spacial score (nSPS) is 33.8. The lowest BCUT2D eigenvalue weighted by Gasteiger charge is -2.34. The molecule has 3 N–H and O–H groups in total. The molecule has 5 nitrogen and oxygen atoms in total. The van der Waals surface area contributed by atoms with Crippen LogP contribution in [-0.2, 0) is 9.47 Å². The molecule has 1 aliphatic carbocycles. The van der Waals surface area contributed by atoms with Crippen LogP contribution >= 0.6 is 0 Å². The summed E-state index contributed by atoms with van der Waals surface area (Å²) in [6.45, 7) is 8.78. The van der Waals surface area contributed by atoms with Gasteiger partial charge in [-0.25, -0.2) is 0 Å². The predicted octanol–water partition coefficient (Wildman–Crippen LogP) is 2.26. The van der Waals surface area contributed by atoms with Crippen molar-refractivity contribution >= 4 is 5.96 Å². The number of nitrogens with zero attached hydrogens (tertiary/aromatic N) is 1. The Morgan fingerprint density at radius 2 is 2.10 bits per heavy atom. The summed E-state index contributed by atoms with van der Waals surface area (Å²) in [5.74, 6) is 1.65. The number of nitrogens with one attached hydrogen (secondary N) is 1. The molecule has 1 heterocycles. The highest BCUT2D eigenvalue weighted by molar-refractivity contribution is 5.77. The Kier molecular flexibility index (Phi) is 5.88. The van der Waals surface area contributed by atoms with E-state index >= 15 is 0 Å². The summed E-state index contributed by atoms with van der Waals surface area (Å²) in [6, 6.07) is 0. The second-order valence-electron chi connectivity index (χ2n) is 6.98. The Morgan fingerprint density at radius 1 is 1.38 bits per heavy atom. The standard InChI is InChI=1S/C16H31N3O2/c1-12(2)6-9-18-15(17)19-10-14-11-20-16(21-14)7-4-13(3)5-8-16/h12-14H,4-11H2,1-3H3,(H3,17,18,19). The fourth-order valence-electron chi connectivity index (χ4n) is 2.92. The van der Waals surface area contributed by atoms with Crippen molar-refractivity contribution in [2.45, 2.75) is 64.8 Å². The first-order chi connectivity index (χ1) is 9.99. The minimum atomic E-state index is -0.327. The maximum atomic E-state index is 6.12. The van der Waals surface area contributed by atoms with Crippen LogP contribution in [0.5, 0.6) is 0 Å². The molecule has 1 saturated carbocycles. The minimum Gasteiger partial charge on any atom is -0.370 e. The Balaban J connectivity index is 1.70. The van der Waals surface area contributed by atoms with Crippen molar-refractivity contribution in [2.75, 3.05) is 19.7 Å². The zero-order valence-corrected chi connectivity index (χ0v) is 13.7. The Morgan fingerprint density at radius 3 is 2.76 bits per heavy atom. The van der Waals surface area contributed by atoms with E-state index in [4.69, 9.17) is 15.2 Å². The van der Waals surface area contributed by atoms with E-state index in [9.17, 15) is 0 Å². The van der Waals surface area contributed by atoms with Gasteiger partial charge in [0.1, 0.15) is 6.10 Å².